The van der Waals surface area contributed by atoms with Gasteiger partial charge in [-0.1, -0.05) is 39.0 Å². The van der Waals surface area contributed by atoms with Gasteiger partial charge < -0.3 is 19.6 Å². The summed E-state index contributed by atoms with van der Waals surface area (Å²) in [5, 5.41) is 13.8. The number of ether oxygens (including phenoxy) is 1. The zero-order valence-electron chi connectivity index (χ0n) is 23.4. The number of esters is 1. The first-order valence-electron chi connectivity index (χ1n) is 12.2. The molecule has 0 bridgehead atoms. The van der Waals surface area contributed by atoms with Gasteiger partial charge in [-0.15, -0.1) is 0 Å². The van der Waals surface area contributed by atoms with Crippen LogP contribution < -0.4 is 10.0 Å². The van der Waals surface area contributed by atoms with Crippen LogP contribution in [-0.4, -0.2) is 53.3 Å². The summed E-state index contributed by atoms with van der Waals surface area (Å²) in [6.45, 7) is 15.4. The number of nitrogens with one attached hydrogen (secondary N) is 2. The summed E-state index contributed by atoms with van der Waals surface area (Å²) in [4.78, 5) is 11.9. The molecule has 0 aliphatic carbocycles. The Morgan fingerprint density at radius 3 is 2.30 bits per heavy atom. The second-order valence-electron chi connectivity index (χ2n) is 11.7. The third kappa shape index (κ3) is 9.13. The van der Waals surface area contributed by atoms with Crippen molar-refractivity contribution in [2.75, 3.05) is 24.6 Å². The van der Waals surface area contributed by atoms with Gasteiger partial charge in [0.05, 0.1) is 30.7 Å². The molecule has 0 aliphatic rings. The molecule has 37 heavy (non-hydrogen) atoms. The minimum absolute atomic E-state index is 0.0418. The van der Waals surface area contributed by atoms with E-state index in [2.05, 4.69) is 57.8 Å². The zero-order chi connectivity index (χ0) is 28.2. The zero-order valence-corrected chi connectivity index (χ0v) is 25.2. The second kappa shape index (κ2) is 11.5. The number of benzene rings is 2. The van der Waals surface area contributed by atoms with Gasteiger partial charge in [-0.25, -0.2) is 13.2 Å². The molecule has 2 rings (SSSR count). The fraction of sp³-hybridized carbons (Fsp3) is 0.519. The van der Waals surface area contributed by atoms with E-state index in [4.69, 9.17) is 9.16 Å². The van der Waals surface area contributed by atoms with Crippen LogP contribution in [0.3, 0.4) is 0 Å². The van der Waals surface area contributed by atoms with Gasteiger partial charge in [0.15, 0.2) is 8.32 Å². The average molecular weight is 551 g/mol. The Morgan fingerprint density at radius 1 is 1.08 bits per heavy atom. The summed E-state index contributed by atoms with van der Waals surface area (Å²) < 4.78 is 37.7. The van der Waals surface area contributed by atoms with E-state index in [1.807, 2.05) is 18.2 Å². The molecule has 8 nitrogen and oxygen atoms in total. The Kier molecular flexibility index (Phi) is 9.62. The van der Waals surface area contributed by atoms with E-state index in [1.54, 1.807) is 18.2 Å². The first-order valence-corrected chi connectivity index (χ1v) is 17.0. The van der Waals surface area contributed by atoms with Crippen LogP contribution in [0.25, 0.3) is 0 Å². The molecule has 10 heteroatoms. The minimum atomic E-state index is -3.57. The molecule has 0 fully saturated rings. The molecule has 1 atom stereocenters. The summed E-state index contributed by atoms with van der Waals surface area (Å²) in [6, 6.07) is 12.2. The number of sulfonamides is 1. The molecule has 0 saturated heterocycles. The van der Waals surface area contributed by atoms with Crippen molar-refractivity contribution in [3.05, 3.63) is 59.2 Å². The largest absolute Gasteiger partial charge is 0.506 e. The quantitative estimate of drug-likeness (QED) is 0.200. The van der Waals surface area contributed by atoms with Gasteiger partial charge in [-0.2, -0.15) is 0 Å². The maximum Gasteiger partial charge on any atom is 0.337 e. The van der Waals surface area contributed by atoms with Crippen molar-refractivity contribution < 1.29 is 27.5 Å². The lowest BCUT2D eigenvalue weighted by Crippen LogP contribution is -2.47. The number of methoxy groups -OCH3 is 1. The highest BCUT2D eigenvalue weighted by atomic mass is 32.2. The Labute approximate surface area is 223 Å². The number of phenolic OH excluding ortho intramolecular Hbond substituents is 1. The fourth-order valence-electron chi connectivity index (χ4n) is 3.66. The summed E-state index contributed by atoms with van der Waals surface area (Å²) >= 11 is 0. The van der Waals surface area contributed by atoms with E-state index < -0.39 is 18.3 Å². The summed E-state index contributed by atoms with van der Waals surface area (Å²) in [6.07, 6.45) is 1.31. The number of anilines is 1. The molecule has 0 amide bonds. The van der Waals surface area contributed by atoms with Crippen LogP contribution in [0, 0.1) is 0 Å². The molecule has 0 heterocycles. The Bertz CT molecular complexity index is 1210. The van der Waals surface area contributed by atoms with Crippen molar-refractivity contribution in [1.29, 1.82) is 0 Å². The van der Waals surface area contributed by atoms with E-state index in [0.717, 1.165) is 17.4 Å². The van der Waals surface area contributed by atoms with Crippen LogP contribution in [0.1, 0.15) is 62.2 Å². The molecular weight excluding hydrogens is 508 g/mol. The Hall–Kier alpha value is -2.40. The number of hydrogen-bond acceptors (Lipinski definition) is 7. The highest BCUT2D eigenvalue weighted by molar-refractivity contribution is 7.92. The molecule has 3 N–H and O–H groups in total. The Morgan fingerprint density at radius 2 is 1.73 bits per heavy atom. The molecule has 0 aromatic heterocycles. The molecule has 206 valence electrons. The number of carbonyl (C=O) groups excluding carboxylic acids is 1. The van der Waals surface area contributed by atoms with Gasteiger partial charge in [0.1, 0.15) is 5.75 Å². The van der Waals surface area contributed by atoms with E-state index in [9.17, 15) is 18.3 Å². The smallest absolute Gasteiger partial charge is 0.337 e. The van der Waals surface area contributed by atoms with Gasteiger partial charge in [0.25, 0.3) is 0 Å². The minimum Gasteiger partial charge on any atom is -0.506 e. The van der Waals surface area contributed by atoms with Gasteiger partial charge >= 0.3 is 5.97 Å². The molecule has 2 aromatic carbocycles. The lowest BCUT2D eigenvalue weighted by Gasteiger charge is -2.40. The molecule has 0 spiro atoms. The number of rotatable bonds is 11. The molecular formula is C27H42N2O6SSi. The summed E-state index contributed by atoms with van der Waals surface area (Å²) in [5.41, 5.74) is 2.01. The van der Waals surface area contributed by atoms with Crippen LogP contribution >= 0.6 is 0 Å². The standard InChI is InChI=1S/C27H42N2O6SSi/c1-26(2,3)37(8,9)35-24(20-13-14-23(30)22(16-20)29-36(7,32)33)18-28-27(4,5)17-19-11-10-12-21(15-19)25(31)34-6/h10-16,24,28-30H,17-18H2,1-9H3/t24-/m1/s1. The predicted octanol–water partition coefficient (Wildman–Crippen LogP) is 5.22. The van der Waals surface area contributed by atoms with Crippen molar-refractivity contribution in [2.24, 2.45) is 0 Å². The maximum atomic E-state index is 11.9. The van der Waals surface area contributed by atoms with E-state index in [-0.39, 0.29) is 34.1 Å². The van der Waals surface area contributed by atoms with Crippen LogP contribution in [0.5, 0.6) is 5.75 Å². The molecule has 2 aromatic rings. The monoisotopic (exact) mass is 550 g/mol. The van der Waals surface area contributed by atoms with Crippen LogP contribution in [0.4, 0.5) is 5.69 Å². The molecule has 0 saturated carbocycles. The number of aromatic hydroxyl groups is 1. The Balaban J connectivity index is 2.34. The third-order valence-corrected chi connectivity index (χ3v) is 11.8. The number of phenols is 1. The number of carbonyl (C=O) groups is 1. The van der Waals surface area contributed by atoms with Gasteiger partial charge in [-0.3, -0.25) is 4.72 Å². The van der Waals surface area contributed by atoms with Crippen LogP contribution in [0.15, 0.2) is 42.5 Å². The second-order valence-corrected chi connectivity index (χ2v) is 18.2. The summed E-state index contributed by atoms with van der Waals surface area (Å²) in [7, 11) is -4.42. The normalized spacial score (nSPS) is 13.8. The highest BCUT2D eigenvalue weighted by Crippen LogP contribution is 2.40. The van der Waals surface area contributed by atoms with Crippen LogP contribution in [-0.2, 0) is 25.6 Å². The van der Waals surface area contributed by atoms with Gasteiger partial charge in [-0.05, 0) is 73.8 Å². The van der Waals surface area contributed by atoms with Crippen molar-refractivity contribution in [3.63, 3.8) is 0 Å². The van der Waals surface area contributed by atoms with Crippen molar-refractivity contribution in [1.82, 2.24) is 5.32 Å². The molecule has 0 unspecified atom stereocenters. The SMILES string of the molecule is COC(=O)c1cccc(CC(C)(C)NC[C@@H](O[Si](C)(C)C(C)(C)C)c2ccc(O)c(NS(C)(=O)=O)c2)c1. The van der Waals surface area contributed by atoms with Crippen molar-refractivity contribution >= 4 is 30.0 Å². The average Bonchev–Trinajstić information content (AvgIpc) is 2.75. The van der Waals surface area contributed by atoms with Gasteiger partial charge in [0.2, 0.25) is 10.0 Å². The maximum absolute atomic E-state index is 11.9. The first kappa shape index (κ1) is 30.8. The lowest BCUT2D eigenvalue weighted by molar-refractivity contribution is 0.0600. The molecule has 0 radical (unpaired) electrons. The summed E-state index contributed by atoms with van der Waals surface area (Å²) in [5.74, 6) is -0.527. The van der Waals surface area contributed by atoms with E-state index >= 15 is 0 Å². The first-order chi connectivity index (χ1) is 16.8. The van der Waals surface area contributed by atoms with Crippen molar-refractivity contribution in [3.8, 4) is 5.75 Å². The molecule has 0 aliphatic heterocycles. The van der Waals surface area contributed by atoms with E-state index in [1.165, 1.54) is 13.2 Å². The van der Waals surface area contributed by atoms with Crippen LogP contribution in [0.2, 0.25) is 18.1 Å². The topological polar surface area (TPSA) is 114 Å². The highest BCUT2D eigenvalue weighted by Gasteiger charge is 2.40. The van der Waals surface area contributed by atoms with Crippen molar-refractivity contribution in [2.45, 2.75) is 70.8 Å². The van der Waals surface area contributed by atoms with E-state index in [0.29, 0.717) is 18.5 Å². The predicted molar refractivity (Wildman–Crippen MR) is 151 cm³/mol. The number of hydrogen-bond donors (Lipinski definition) is 3. The van der Waals surface area contributed by atoms with Gasteiger partial charge in [0, 0.05) is 12.1 Å². The third-order valence-electron chi connectivity index (χ3n) is 6.69. The fourth-order valence-corrected chi connectivity index (χ4v) is 5.51. The lowest BCUT2D eigenvalue weighted by atomic mass is 9.93.